The standard InChI is InChI=1S/C16H18ClN3O4/c1-18-15(21)10-5-6-12(11(17)8-10)19-16(22)20-13(9-23-2)14-4-3-7-24-14/h3-8,13H,9H2,1-2H3,(H,18,21)(H2,19,20,22)/t13-/m1/s1. The van der Waals surface area contributed by atoms with Crippen LogP contribution < -0.4 is 16.0 Å². The van der Waals surface area contributed by atoms with E-state index < -0.39 is 12.1 Å². The quantitative estimate of drug-likeness (QED) is 0.746. The molecule has 2 rings (SSSR count). The molecule has 0 bridgehead atoms. The third kappa shape index (κ3) is 4.50. The number of methoxy groups -OCH3 is 1. The second kappa shape index (κ2) is 8.37. The van der Waals surface area contributed by atoms with Gasteiger partial charge in [0.25, 0.3) is 5.91 Å². The molecule has 1 aromatic carbocycles. The van der Waals surface area contributed by atoms with Crippen LogP contribution in [-0.2, 0) is 4.74 Å². The molecular weight excluding hydrogens is 334 g/mol. The first kappa shape index (κ1) is 17.8. The number of hydrogen-bond acceptors (Lipinski definition) is 4. The third-order valence-corrected chi connectivity index (χ3v) is 3.54. The van der Waals surface area contributed by atoms with Crippen LogP contribution in [0.15, 0.2) is 41.0 Å². The second-order valence-corrected chi connectivity index (χ2v) is 5.30. The number of ether oxygens (including phenoxy) is 1. The minimum atomic E-state index is -0.469. The van der Waals surface area contributed by atoms with Crippen molar-refractivity contribution in [3.8, 4) is 0 Å². The van der Waals surface area contributed by atoms with E-state index in [0.717, 1.165) is 0 Å². The van der Waals surface area contributed by atoms with Gasteiger partial charge in [0, 0.05) is 19.7 Å². The minimum absolute atomic E-state index is 0.254. The lowest BCUT2D eigenvalue weighted by atomic mass is 10.2. The highest BCUT2D eigenvalue weighted by Gasteiger charge is 2.18. The van der Waals surface area contributed by atoms with Crippen LogP contribution in [0.1, 0.15) is 22.2 Å². The molecule has 8 heteroatoms. The predicted octanol–water partition coefficient (Wildman–Crippen LogP) is 2.80. The number of furan rings is 1. The molecule has 0 saturated heterocycles. The topological polar surface area (TPSA) is 92.6 Å². The molecular formula is C16H18ClN3O4. The van der Waals surface area contributed by atoms with Crippen molar-refractivity contribution >= 4 is 29.2 Å². The van der Waals surface area contributed by atoms with Crippen molar-refractivity contribution in [2.24, 2.45) is 0 Å². The zero-order chi connectivity index (χ0) is 17.5. The smallest absolute Gasteiger partial charge is 0.319 e. The number of urea groups is 1. The molecule has 1 atom stereocenters. The van der Waals surface area contributed by atoms with Crippen LogP contribution >= 0.6 is 11.6 Å². The van der Waals surface area contributed by atoms with Crippen molar-refractivity contribution in [3.05, 3.63) is 52.9 Å². The molecule has 3 N–H and O–H groups in total. The van der Waals surface area contributed by atoms with E-state index in [2.05, 4.69) is 16.0 Å². The number of carbonyl (C=O) groups excluding carboxylic acids is 2. The van der Waals surface area contributed by atoms with E-state index in [9.17, 15) is 9.59 Å². The number of halogens is 1. The Bertz CT molecular complexity index is 703. The Balaban J connectivity index is 2.04. The van der Waals surface area contributed by atoms with Crippen LogP contribution in [0.25, 0.3) is 0 Å². The minimum Gasteiger partial charge on any atom is -0.467 e. The monoisotopic (exact) mass is 351 g/mol. The lowest BCUT2D eigenvalue weighted by molar-refractivity contribution is 0.0963. The molecule has 7 nitrogen and oxygen atoms in total. The van der Waals surface area contributed by atoms with E-state index in [1.54, 1.807) is 24.3 Å². The van der Waals surface area contributed by atoms with Crippen LogP contribution in [0.2, 0.25) is 5.02 Å². The van der Waals surface area contributed by atoms with Crippen molar-refractivity contribution in [2.75, 3.05) is 26.1 Å². The maximum absolute atomic E-state index is 12.2. The zero-order valence-electron chi connectivity index (χ0n) is 13.3. The molecule has 1 heterocycles. The summed E-state index contributed by atoms with van der Waals surface area (Å²) in [6.45, 7) is 0.254. The van der Waals surface area contributed by atoms with Crippen LogP contribution in [0.3, 0.4) is 0 Å². The molecule has 0 aliphatic rings. The molecule has 0 fully saturated rings. The van der Waals surface area contributed by atoms with Gasteiger partial charge in [-0.25, -0.2) is 4.79 Å². The Kier molecular flexibility index (Phi) is 6.22. The molecule has 0 radical (unpaired) electrons. The summed E-state index contributed by atoms with van der Waals surface area (Å²) >= 11 is 6.11. The van der Waals surface area contributed by atoms with Crippen molar-refractivity contribution in [1.82, 2.24) is 10.6 Å². The molecule has 2 aromatic rings. The van der Waals surface area contributed by atoms with Crippen LogP contribution in [0.4, 0.5) is 10.5 Å². The van der Waals surface area contributed by atoms with Crippen molar-refractivity contribution in [2.45, 2.75) is 6.04 Å². The van der Waals surface area contributed by atoms with Crippen molar-refractivity contribution in [3.63, 3.8) is 0 Å². The highest BCUT2D eigenvalue weighted by Crippen LogP contribution is 2.23. The SMILES string of the molecule is CNC(=O)c1ccc(NC(=O)N[C@H](COC)c2ccco2)c(Cl)c1. The molecule has 24 heavy (non-hydrogen) atoms. The number of rotatable bonds is 6. The molecule has 0 unspecified atom stereocenters. The van der Waals surface area contributed by atoms with E-state index in [-0.39, 0.29) is 17.5 Å². The zero-order valence-corrected chi connectivity index (χ0v) is 14.0. The van der Waals surface area contributed by atoms with Crippen LogP contribution in [0.5, 0.6) is 0 Å². The summed E-state index contributed by atoms with van der Waals surface area (Å²) in [7, 11) is 3.06. The Hall–Kier alpha value is -2.51. The number of anilines is 1. The van der Waals surface area contributed by atoms with Gasteiger partial charge < -0.3 is 25.1 Å². The molecule has 0 aliphatic heterocycles. The molecule has 3 amide bonds. The van der Waals surface area contributed by atoms with Crippen LogP contribution in [0, 0.1) is 0 Å². The molecule has 0 aliphatic carbocycles. The number of amides is 3. The number of hydrogen-bond donors (Lipinski definition) is 3. The van der Waals surface area contributed by atoms with Crippen molar-refractivity contribution < 1.29 is 18.7 Å². The predicted molar refractivity (Wildman–Crippen MR) is 90.3 cm³/mol. The van der Waals surface area contributed by atoms with Crippen molar-refractivity contribution in [1.29, 1.82) is 0 Å². The first-order valence-electron chi connectivity index (χ1n) is 7.16. The Labute approximate surface area is 144 Å². The number of carbonyl (C=O) groups is 2. The van der Waals surface area contributed by atoms with Gasteiger partial charge in [0.1, 0.15) is 11.8 Å². The van der Waals surface area contributed by atoms with E-state index in [1.807, 2.05) is 0 Å². The van der Waals surface area contributed by atoms with E-state index in [0.29, 0.717) is 17.0 Å². The highest BCUT2D eigenvalue weighted by atomic mass is 35.5. The number of benzene rings is 1. The maximum Gasteiger partial charge on any atom is 0.319 e. The summed E-state index contributed by atoms with van der Waals surface area (Å²) in [5.41, 5.74) is 0.790. The van der Waals surface area contributed by atoms with Gasteiger partial charge in [0.05, 0.1) is 23.6 Å². The van der Waals surface area contributed by atoms with Gasteiger partial charge in [-0.2, -0.15) is 0 Å². The molecule has 1 aromatic heterocycles. The van der Waals surface area contributed by atoms with Gasteiger partial charge in [0.15, 0.2) is 0 Å². The molecule has 0 spiro atoms. The fourth-order valence-corrected chi connectivity index (χ4v) is 2.30. The fourth-order valence-electron chi connectivity index (χ4n) is 2.07. The summed E-state index contributed by atoms with van der Waals surface area (Å²) in [5.74, 6) is 0.318. The average molecular weight is 352 g/mol. The lowest BCUT2D eigenvalue weighted by Gasteiger charge is -2.17. The Morgan fingerprint density at radius 1 is 1.33 bits per heavy atom. The Morgan fingerprint density at radius 2 is 2.12 bits per heavy atom. The second-order valence-electron chi connectivity index (χ2n) is 4.90. The summed E-state index contributed by atoms with van der Waals surface area (Å²) in [6.07, 6.45) is 1.52. The summed E-state index contributed by atoms with van der Waals surface area (Å²) in [4.78, 5) is 23.7. The fraction of sp³-hybridized carbons (Fsp3) is 0.250. The molecule has 0 saturated carbocycles. The van der Waals surface area contributed by atoms with E-state index in [4.69, 9.17) is 20.8 Å². The Morgan fingerprint density at radius 3 is 2.71 bits per heavy atom. The first-order valence-corrected chi connectivity index (χ1v) is 7.54. The highest BCUT2D eigenvalue weighted by molar-refractivity contribution is 6.34. The first-order chi connectivity index (χ1) is 11.5. The average Bonchev–Trinajstić information content (AvgIpc) is 3.10. The van der Waals surface area contributed by atoms with Crippen LogP contribution in [-0.4, -0.2) is 32.7 Å². The third-order valence-electron chi connectivity index (χ3n) is 3.23. The summed E-state index contributed by atoms with van der Waals surface area (Å²) < 4.78 is 10.4. The lowest BCUT2D eigenvalue weighted by Crippen LogP contribution is -2.34. The van der Waals surface area contributed by atoms with E-state index >= 15 is 0 Å². The van der Waals surface area contributed by atoms with Gasteiger partial charge in [0.2, 0.25) is 0 Å². The van der Waals surface area contributed by atoms with Gasteiger partial charge in [-0.15, -0.1) is 0 Å². The number of nitrogens with one attached hydrogen (secondary N) is 3. The van der Waals surface area contributed by atoms with Gasteiger partial charge in [-0.05, 0) is 30.3 Å². The van der Waals surface area contributed by atoms with E-state index in [1.165, 1.54) is 26.5 Å². The van der Waals surface area contributed by atoms with Gasteiger partial charge >= 0.3 is 6.03 Å². The van der Waals surface area contributed by atoms with Gasteiger partial charge in [-0.3, -0.25) is 4.79 Å². The maximum atomic E-state index is 12.2. The van der Waals surface area contributed by atoms with Gasteiger partial charge in [-0.1, -0.05) is 11.6 Å². The normalized spacial score (nSPS) is 11.6. The summed E-state index contributed by atoms with van der Waals surface area (Å²) in [5, 5.41) is 8.13. The largest absolute Gasteiger partial charge is 0.467 e. The summed E-state index contributed by atoms with van der Waals surface area (Å²) in [6, 6.07) is 7.18. The molecule has 128 valence electrons.